The van der Waals surface area contributed by atoms with Crippen LogP contribution in [0.4, 0.5) is 0 Å². The Labute approximate surface area is 296 Å². The van der Waals surface area contributed by atoms with E-state index in [1.54, 1.807) is 12.8 Å². The number of rotatable bonds is 31. The summed E-state index contributed by atoms with van der Waals surface area (Å²) in [5.74, 6) is 2.05. The monoisotopic (exact) mass is 650 g/mol. The highest BCUT2D eigenvalue weighted by atomic mass is 15.1. The summed E-state index contributed by atoms with van der Waals surface area (Å²) >= 11 is 0. The van der Waals surface area contributed by atoms with Crippen molar-refractivity contribution in [1.82, 2.24) is 4.90 Å². The highest BCUT2D eigenvalue weighted by molar-refractivity contribution is 5.00. The van der Waals surface area contributed by atoms with Crippen LogP contribution in [0.2, 0.25) is 0 Å². The molecule has 1 unspecified atom stereocenters. The molecule has 47 heavy (non-hydrogen) atoms. The Kier molecular flexibility index (Phi) is 25.7. The van der Waals surface area contributed by atoms with Gasteiger partial charge in [0.2, 0.25) is 0 Å². The largest absolute Gasteiger partial charge is 0.306 e. The van der Waals surface area contributed by atoms with E-state index < -0.39 is 0 Å². The van der Waals surface area contributed by atoms with Gasteiger partial charge in [0.25, 0.3) is 0 Å². The van der Waals surface area contributed by atoms with Gasteiger partial charge in [-0.05, 0) is 134 Å². The van der Waals surface area contributed by atoms with Crippen molar-refractivity contribution >= 4 is 0 Å². The van der Waals surface area contributed by atoms with Crippen LogP contribution in [0, 0.1) is 17.3 Å². The Morgan fingerprint density at radius 3 is 1.15 bits per heavy atom. The van der Waals surface area contributed by atoms with E-state index in [1.165, 1.54) is 167 Å². The fourth-order valence-corrected chi connectivity index (χ4v) is 8.81. The Morgan fingerprint density at radius 1 is 0.447 bits per heavy atom. The van der Waals surface area contributed by atoms with Gasteiger partial charge >= 0.3 is 0 Å². The van der Waals surface area contributed by atoms with Crippen LogP contribution in [0.5, 0.6) is 0 Å². The molecule has 0 aromatic heterocycles. The number of fused-ring (bicyclic) bond motifs is 1. The van der Waals surface area contributed by atoms with Crippen molar-refractivity contribution in [3.63, 3.8) is 0 Å². The molecule has 0 saturated heterocycles. The molecule has 1 heteroatoms. The van der Waals surface area contributed by atoms with Gasteiger partial charge in [-0.1, -0.05) is 152 Å². The van der Waals surface area contributed by atoms with E-state index in [0.29, 0.717) is 5.41 Å². The van der Waals surface area contributed by atoms with Crippen LogP contribution >= 0.6 is 0 Å². The first kappa shape index (κ1) is 42.1. The minimum atomic E-state index is 0.692. The zero-order valence-electron chi connectivity index (χ0n) is 32.5. The summed E-state index contributed by atoms with van der Waals surface area (Å²) in [5, 5.41) is 0. The van der Waals surface area contributed by atoms with E-state index >= 15 is 0 Å². The Hall–Kier alpha value is -1.08. The second-order valence-electron chi connectivity index (χ2n) is 16.2. The number of allylic oxidation sites excluding steroid dienone is 8. The SMILES string of the molecule is CCCCC/C=C\C/C=C\CCCCCCCCC1(CCCCCCCC/C=C\C/C=C\CCCCC)C[C@H]2CC(N(C)C)C[C@H]2C1. The molecule has 0 N–H and O–H groups in total. The average Bonchev–Trinajstić information content (AvgIpc) is 3.61. The molecule has 2 aliphatic rings. The maximum atomic E-state index is 2.52. The molecule has 1 nitrogen and oxygen atoms in total. The molecule has 2 rings (SSSR count). The molecular formula is C46H83N. The van der Waals surface area contributed by atoms with Crippen molar-refractivity contribution in [2.45, 2.75) is 213 Å². The van der Waals surface area contributed by atoms with Gasteiger partial charge in [-0.25, -0.2) is 0 Å². The summed E-state index contributed by atoms with van der Waals surface area (Å²) in [6.07, 6.45) is 61.0. The number of hydrogen-bond acceptors (Lipinski definition) is 1. The lowest BCUT2D eigenvalue weighted by atomic mass is 9.74. The summed E-state index contributed by atoms with van der Waals surface area (Å²) in [7, 11) is 4.63. The minimum Gasteiger partial charge on any atom is -0.306 e. The van der Waals surface area contributed by atoms with Gasteiger partial charge in [-0.3, -0.25) is 0 Å². The third-order valence-corrected chi connectivity index (χ3v) is 11.8. The summed E-state index contributed by atoms with van der Waals surface area (Å²) in [6, 6.07) is 0.853. The zero-order chi connectivity index (χ0) is 33.7. The topological polar surface area (TPSA) is 3.24 Å². The second kappa shape index (κ2) is 28.7. The molecule has 0 radical (unpaired) electrons. The highest BCUT2D eigenvalue weighted by Crippen LogP contribution is 2.57. The Bertz CT molecular complexity index is 751. The van der Waals surface area contributed by atoms with Crippen LogP contribution in [0.1, 0.15) is 206 Å². The summed E-state index contributed by atoms with van der Waals surface area (Å²) < 4.78 is 0. The molecule has 3 atom stereocenters. The van der Waals surface area contributed by atoms with Gasteiger partial charge in [0.1, 0.15) is 0 Å². The summed E-state index contributed by atoms with van der Waals surface area (Å²) in [6.45, 7) is 4.56. The molecule has 2 fully saturated rings. The van der Waals surface area contributed by atoms with Crippen LogP contribution in [-0.2, 0) is 0 Å². The highest BCUT2D eigenvalue weighted by Gasteiger charge is 2.48. The zero-order valence-corrected chi connectivity index (χ0v) is 32.5. The van der Waals surface area contributed by atoms with E-state index in [1.807, 2.05) is 0 Å². The normalized spacial score (nSPS) is 21.2. The van der Waals surface area contributed by atoms with Crippen LogP contribution < -0.4 is 0 Å². The number of nitrogens with zero attached hydrogens (tertiary/aromatic N) is 1. The van der Waals surface area contributed by atoms with Gasteiger partial charge < -0.3 is 4.90 Å². The fourth-order valence-electron chi connectivity index (χ4n) is 8.81. The molecule has 0 aromatic rings. The van der Waals surface area contributed by atoms with E-state index in [2.05, 4.69) is 81.5 Å². The predicted octanol–water partition coefficient (Wildman–Crippen LogP) is 15.1. The van der Waals surface area contributed by atoms with Gasteiger partial charge in [0, 0.05) is 6.04 Å². The standard InChI is InChI=1S/C46H83N/c1-5-7-9-11-13-15-17-19-21-23-25-27-29-31-33-35-37-46(41-43-39-45(47(3)4)40-44(43)42-46)38-36-34-32-30-28-26-24-22-20-18-16-14-12-10-8-6-2/h13-16,19-22,43-45H,5-12,17-18,23-42H2,1-4H3/b15-13-,16-14-,21-19-,22-20-/t43-,44+,45?. The average molecular weight is 650 g/mol. The quantitative estimate of drug-likeness (QED) is 0.0533. The molecule has 272 valence electrons. The molecule has 0 aliphatic heterocycles. The molecule has 0 amide bonds. The van der Waals surface area contributed by atoms with Crippen LogP contribution in [0.25, 0.3) is 0 Å². The van der Waals surface area contributed by atoms with Gasteiger partial charge in [-0.2, -0.15) is 0 Å². The molecular weight excluding hydrogens is 567 g/mol. The van der Waals surface area contributed by atoms with E-state index in [4.69, 9.17) is 0 Å². The molecule has 0 bridgehead atoms. The number of unbranched alkanes of at least 4 members (excludes halogenated alkanes) is 18. The van der Waals surface area contributed by atoms with Gasteiger partial charge in [0.05, 0.1) is 0 Å². The number of hydrogen-bond donors (Lipinski definition) is 0. The first-order valence-corrected chi connectivity index (χ1v) is 21.4. The second-order valence-corrected chi connectivity index (χ2v) is 16.2. The lowest BCUT2D eigenvalue weighted by Crippen LogP contribution is -2.27. The molecule has 2 saturated carbocycles. The third-order valence-electron chi connectivity index (χ3n) is 11.8. The maximum Gasteiger partial charge on any atom is 0.00946 e. The molecule has 0 heterocycles. The van der Waals surface area contributed by atoms with Crippen LogP contribution in [0.3, 0.4) is 0 Å². The fraction of sp³-hybridized carbons (Fsp3) is 0.826. The lowest BCUT2D eigenvalue weighted by molar-refractivity contribution is 0.192. The summed E-state index contributed by atoms with van der Waals surface area (Å²) in [5.41, 5.74) is 0.692. The smallest absolute Gasteiger partial charge is 0.00946 e. The van der Waals surface area contributed by atoms with Crippen molar-refractivity contribution in [3.05, 3.63) is 48.6 Å². The molecule has 0 spiro atoms. The van der Waals surface area contributed by atoms with Crippen molar-refractivity contribution < 1.29 is 0 Å². The van der Waals surface area contributed by atoms with Crippen molar-refractivity contribution in [2.24, 2.45) is 17.3 Å². The van der Waals surface area contributed by atoms with Crippen LogP contribution in [-0.4, -0.2) is 25.0 Å². The van der Waals surface area contributed by atoms with E-state index in [-0.39, 0.29) is 0 Å². The van der Waals surface area contributed by atoms with Crippen molar-refractivity contribution in [1.29, 1.82) is 0 Å². The summed E-state index contributed by atoms with van der Waals surface area (Å²) in [4.78, 5) is 2.52. The Morgan fingerprint density at radius 2 is 0.787 bits per heavy atom. The van der Waals surface area contributed by atoms with Crippen molar-refractivity contribution in [2.75, 3.05) is 14.1 Å². The molecule has 0 aromatic carbocycles. The van der Waals surface area contributed by atoms with Gasteiger partial charge in [0.15, 0.2) is 0 Å². The van der Waals surface area contributed by atoms with Crippen molar-refractivity contribution in [3.8, 4) is 0 Å². The first-order valence-electron chi connectivity index (χ1n) is 21.4. The lowest BCUT2D eigenvalue weighted by Gasteiger charge is -2.32. The van der Waals surface area contributed by atoms with Crippen LogP contribution in [0.15, 0.2) is 48.6 Å². The predicted molar refractivity (Wildman–Crippen MR) is 213 cm³/mol. The molecule has 2 aliphatic carbocycles. The Balaban J connectivity index is 1.55. The third kappa shape index (κ3) is 20.9. The van der Waals surface area contributed by atoms with E-state index in [9.17, 15) is 0 Å². The van der Waals surface area contributed by atoms with E-state index in [0.717, 1.165) is 30.7 Å². The maximum absolute atomic E-state index is 2.52. The van der Waals surface area contributed by atoms with Gasteiger partial charge in [-0.15, -0.1) is 0 Å². The minimum absolute atomic E-state index is 0.692. The first-order chi connectivity index (χ1) is 23.1.